The van der Waals surface area contributed by atoms with E-state index in [1.807, 2.05) is 13.0 Å². The quantitative estimate of drug-likeness (QED) is 0.607. The lowest BCUT2D eigenvalue weighted by Crippen LogP contribution is -2.36. The van der Waals surface area contributed by atoms with E-state index in [0.29, 0.717) is 43.1 Å². The summed E-state index contributed by atoms with van der Waals surface area (Å²) >= 11 is 0. The van der Waals surface area contributed by atoms with Crippen LogP contribution in [0.4, 0.5) is 17.6 Å². The molecule has 2 aromatic carbocycles. The first-order valence-corrected chi connectivity index (χ1v) is 9.67. The maximum Gasteiger partial charge on any atom is 0.419 e. The summed E-state index contributed by atoms with van der Waals surface area (Å²) in [6, 6.07) is 7.68. The third-order valence-corrected chi connectivity index (χ3v) is 4.84. The van der Waals surface area contributed by atoms with Crippen molar-refractivity contribution < 1.29 is 27.1 Å². The Morgan fingerprint density at radius 3 is 2.58 bits per heavy atom. The minimum absolute atomic E-state index is 0.0412. The number of alkyl halides is 3. The lowest BCUT2D eigenvalue weighted by molar-refractivity contribution is -0.140. The van der Waals surface area contributed by atoms with Gasteiger partial charge in [-0.25, -0.2) is 4.39 Å². The Bertz CT molecular complexity index is 1020. The van der Waals surface area contributed by atoms with Crippen LogP contribution in [0.1, 0.15) is 30.0 Å². The van der Waals surface area contributed by atoms with Gasteiger partial charge in [-0.1, -0.05) is 18.7 Å². The fraction of sp³-hybridized carbons (Fsp3) is 0.261. The minimum atomic E-state index is -4.77. The van der Waals surface area contributed by atoms with E-state index in [1.54, 1.807) is 29.3 Å². The van der Waals surface area contributed by atoms with Crippen molar-refractivity contribution in [3.8, 4) is 11.5 Å². The van der Waals surface area contributed by atoms with Gasteiger partial charge >= 0.3 is 6.18 Å². The van der Waals surface area contributed by atoms with Crippen LogP contribution in [0.25, 0.3) is 0 Å². The smallest absolute Gasteiger partial charge is 0.419 e. The van der Waals surface area contributed by atoms with E-state index >= 15 is 0 Å². The molecule has 0 saturated carbocycles. The van der Waals surface area contributed by atoms with E-state index in [-0.39, 0.29) is 18.1 Å². The fourth-order valence-electron chi connectivity index (χ4n) is 3.28. The molecule has 1 heterocycles. The van der Waals surface area contributed by atoms with Gasteiger partial charge in [0.1, 0.15) is 17.3 Å². The molecular formula is C23H22F4N2O2. The van der Waals surface area contributed by atoms with E-state index in [0.717, 1.165) is 17.2 Å². The number of ether oxygens (including phenoxy) is 1. The summed E-state index contributed by atoms with van der Waals surface area (Å²) in [7, 11) is 0. The van der Waals surface area contributed by atoms with Gasteiger partial charge in [0, 0.05) is 24.9 Å². The van der Waals surface area contributed by atoms with Gasteiger partial charge in [0.2, 0.25) is 5.91 Å². The molecule has 0 atom stereocenters. The van der Waals surface area contributed by atoms with Crippen LogP contribution < -0.4 is 10.1 Å². The Hall–Kier alpha value is -3.29. The van der Waals surface area contributed by atoms with Gasteiger partial charge in [-0.2, -0.15) is 13.2 Å². The minimum Gasteiger partial charge on any atom is -0.457 e. The summed E-state index contributed by atoms with van der Waals surface area (Å²) in [6.07, 6.45) is -0.421. The number of carbonyl (C=O) groups excluding carboxylic acids is 1. The van der Waals surface area contributed by atoms with Crippen LogP contribution >= 0.6 is 0 Å². The molecule has 0 aromatic heterocycles. The molecule has 0 radical (unpaired) electrons. The van der Waals surface area contributed by atoms with Gasteiger partial charge in [0.15, 0.2) is 0 Å². The molecule has 1 aliphatic rings. The average molecular weight is 434 g/mol. The van der Waals surface area contributed by atoms with Gasteiger partial charge in [-0.05, 0) is 54.9 Å². The highest BCUT2D eigenvalue weighted by Gasteiger charge is 2.34. The zero-order chi connectivity index (χ0) is 22.6. The van der Waals surface area contributed by atoms with Crippen molar-refractivity contribution in [3.63, 3.8) is 0 Å². The van der Waals surface area contributed by atoms with Crippen LogP contribution in [-0.2, 0) is 23.9 Å². The molecule has 8 heteroatoms. The molecule has 0 unspecified atom stereocenters. The van der Waals surface area contributed by atoms with Gasteiger partial charge in [-0.3, -0.25) is 4.79 Å². The zero-order valence-electron chi connectivity index (χ0n) is 16.9. The molecule has 31 heavy (non-hydrogen) atoms. The number of amides is 1. The highest BCUT2D eigenvalue weighted by molar-refractivity contribution is 5.78. The van der Waals surface area contributed by atoms with E-state index in [4.69, 9.17) is 4.74 Å². The molecule has 1 N–H and O–H groups in total. The second kappa shape index (κ2) is 9.24. The number of rotatable bonds is 6. The Labute approximate surface area is 177 Å². The number of halogens is 4. The second-order valence-corrected chi connectivity index (χ2v) is 7.16. The number of nitrogens with one attached hydrogen (secondary N) is 1. The second-order valence-electron chi connectivity index (χ2n) is 7.16. The van der Waals surface area contributed by atoms with E-state index < -0.39 is 17.6 Å². The number of carbonyl (C=O) groups is 1. The SMILES string of the molecule is C=C(CC(=O)N1CCc2ccc(Oc3ccc(C(F)(F)F)c(F)c3)cc2C1)N/C=C\C. The van der Waals surface area contributed by atoms with Gasteiger partial charge in [-0.15, -0.1) is 0 Å². The summed E-state index contributed by atoms with van der Waals surface area (Å²) in [5.41, 5.74) is 1.18. The summed E-state index contributed by atoms with van der Waals surface area (Å²) in [5, 5.41) is 2.93. The van der Waals surface area contributed by atoms with E-state index in [9.17, 15) is 22.4 Å². The van der Waals surface area contributed by atoms with Crippen molar-refractivity contribution in [1.29, 1.82) is 0 Å². The fourth-order valence-corrected chi connectivity index (χ4v) is 3.28. The molecule has 1 aliphatic heterocycles. The lowest BCUT2D eigenvalue weighted by atomic mass is 9.99. The first-order valence-electron chi connectivity index (χ1n) is 9.67. The first-order chi connectivity index (χ1) is 14.7. The Morgan fingerprint density at radius 2 is 1.90 bits per heavy atom. The number of fused-ring (bicyclic) bond motifs is 1. The third-order valence-electron chi connectivity index (χ3n) is 4.84. The summed E-state index contributed by atoms with van der Waals surface area (Å²) in [6.45, 7) is 6.63. The van der Waals surface area contributed by atoms with Crippen molar-refractivity contribution >= 4 is 5.91 Å². The predicted molar refractivity (Wildman–Crippen MR) is 109 cm³/mol. The van der Waals surface area contributed by atoms with Crippen LogP contribution in [0.2, 0.25) is 0 Å². The molecule has 4 nitrogen and oxygen atoms in total. The van der Waals surface area contributed by atoms with E-state index in [1.165, 1.54) is 0 Å². The Morgan fingerprint density at radius 1 is 1.19 bits per heavy atom. The van der Waals surface area contributed by atoms with Crippen molar-refractivity contribution in [1.82, 2.24) is 10.2 Å². The van der Waals surface area contributed by atoms with Gasteiger partial charge < -0.3 is 15.0 Å². The predicted octanol–water partition coefficient (Wildman–Crippen LogP) is 5.55. The zero-order valence-corrected chi connectivity index (χ0v) is 16.9. The average Bonchev–Trinajstić information content (AvgIpc) is 2.70. The summed E-state index contributed by atoms with van der Waals surface area (Å²) in [5.74, 6) is -1.15. The highest BCUT2D eigenvalue weighted by atomic mass is 19.4. The van der Waals surface area contributed by atoms with Crippen molar-refractivity contribution in [3.05, 3.63) is 83.5 Å². The highest BCUT2D eigenvalue weighted by Crippen LogP contribution is 2.34. The number of benzene rings is 2. The molecule has 1 amide bonds. The Balaban J connectivity index is 1.70. The Kier molecular flexibility index (Phi) is 6.68. The molecule has 164 valence electrons. The van der Waals surface area contributed by atoms with Crippen molar-refractivity contribution in [2.24, 2.45) is 0 Å². The van der Waals surface area contributed by atoms with Gasteiger partial charge in [0.05, 0.1) is 12.0 Å². The molecule has 2 aromatic rings. The normalized spacial score (nSPS) is 13.8. The number of allylic oxidation sites excluding steroid dienone is 1. The maximum atomic E-state index is 13.8. The van der Waals surface area contributed by atoms with Crippen LogP contribution in [0, 0.1) is 5.82 Å². The van der Waals surface area contributed by atoms with Gasteiger partial charge in [0.25, 0.3) is 0 Å². The topological polar surface area (TPSA) is 41.6 Å². The van der Waals surface area contributed by atoms with Crippen molar-refractivity contribution in [2.75, 3.05) is 6.54 Å². The van der Waals surface area contributed by atoms with Crippen LogP contribution in [0.15, 0.2) is 61.0 Å². The maximum absolute atomic E-state index is 13.8. The van der Waals surface area contributed by atoms with Crippen LogP contribution in [-0.4, -0.2) is 17.4 Å². The monoisotopic (exact) mass is 434 g/mol. The molecular weight excluding hydrogens is 412 g/mol. The number of hydrogen-bond donors (Lipinski definition) is 1. The molecule has 3 rings (SSSR count). The van der Waals surface area contributed by atoms with E-state index in [2.05, 4.69) is 11.9 Å². The molecule has 0 saturated heterocycles. The number of nitrogens with zero attached hydrogens (tertiary/aromatic N) is 1. The molecule has 0 bridgehead atoms. The molecule has 0 fully saturated rings. The number of hydrogen-bond acceptors (Lipinski definition) is 3. The van der Waals surface area contributed by atoms with Crippen molar-refractivity contribution in [2.45, 2.75) is 32.5 Å². The third kappa shape index (κ3) is 5.65. The van der Waals surface area contributed by atoms with Crippen LogP contribution in [0.5, 0.6) is 11.5 Å². The summed E-state index contributed by atoms with van der Waals surface area (Å²) in [4.78, 5) is 14.3. The lowest BCUT2D eigenvalue weighted by Gasteiger charge is -2.29. The van der Waals surface area contributed by atoms with Crippen LogP contribution in [0.3, 0.4) is 0 Å². The standard InChI is InChI=1S/C23H22F4N2O2/c1-3-9-28-15(2)11-22(30)29-10-8-16-4-5-18(12-17(16)14-29)31-19-6-7-20(21(24)13-19)23(25,26)27/h3-7,9,12-13,28H,2,8,10-11,14H2,1H3/b9-3-. The molecule has 0 aliphatic carbocycles. The molecule has 0 spiro atoms. The summed E-state index contributed by atoms with van der Waals surface area (Å²) < 4.78 is 57.5. The first kappa shape index (κ1) is 22.4. The largest absolute Gasteiger partial charge is 0.457 e.